The predicted molar refractivity (Wildman–Crippen MR) is 78.0 cm³/mol. The standard InChI is InChI=1S/C14H21N3O3/c1-3-17(2)9-8-15-14(20)16-12-7-5-4-6-11(12)10-13(18)19/h4-7H,3,8-10H2,1-2H3,(H,18,19)(H2,15,16,20). The molecule has 0 aliphatic carbocycles. The zero-order valence-corrected chi connectivity index (χ0v) is 11.8. The van der Waals surface area contributed by atoms with Crippen molar-refractivity contribution in [2.75, 3.05) is 32.0 Å². The fraction of sp³-hybridized carbons (Fsp3) is 0.429. The smallest absolute Gasteiger partial charge is 0.319 e. The molecule has 1 rings (SSSR count). The Morgan fingerprint density at radius 1 is 1.30 bits per heavy atom. The molecule has 0 aliphatic rings. The van der Waals surface area contributed by atoms with E-state index in [1.165, 1.54) is 0 Å². The first kappa shape index (κ1) is 16.0. The first-order valence-corrected chi connectivity index (χ1v) is 6.56. The molecule has 0 saturated carbocycles. The fourth-order valence-corrected chi connectivity index (χ4v) is 1.64. The number of carbonyl (C=O) groups is 2. The van der Waals surface area contributed by atoms with Crippen molar-refractivity contribution in [2.45, 2.75) is 13.3 Å². The molecule has 0 atom stereocenters. The summed E-state index contributed by atoms with van der Waals surface area (Å²) in [6, 6.07) is 6.56. The molecule has 1 aromatic carbocycles. The lowest BCUT2D eigenvalue weighted by Crippen LogP contribution is -2.35. The maximum atomic E-state index is 11.7. The van der Waals surface area contributed by atoms with E-state index in [9.17, 15) is 9.59 Å². The molecular weight excluding hydrogens is 258 g/mol. The average molecular weight is 279 g/mol. The normalized spacial score (nSPS) is 10.3. The summed E-state index contributed by atoms with van der Waals surface area (Å²) < 4.78 is 0. The van der Waals surface area contributed by atoms with E-state index in [1.807, 2.05) is 14.0 Å². The number of carbonyl (C=O) groups excluding carboxylic acids is 1. The minimum absolute atomic E-state index is 0.116. The van der Waals surface area contributed by atoms with Gasteiger partial charge in [0.2, 0.25) is 0 Å². The molecule has 0 heterocycles. The number of para-hydroxylation sites is 1. The van der Waals surface area contributed by atoms with E-state index in [4.69, 9.17) is 5.11 Å². The lowest BCUT2D eigenvalue weighted by atomic mass is 10.1. The maximum Gasteiger partial charge on any atom is 0.319 e. The summed E-state index contributed by atoms with van der Waals surface area (Å²) >= 11 is 0. The highest BCUT2D eigenvalue weighted by Crippen LogP contribution is 2.15. The van der Waals surface area contributed by atoms with Crippen molar-refractivity contribution in [3.8, 4) is 0 Å². The summed E-state index contributed by atoms with van der Waals surface area (Å²) in [6.45, 7) is 4.27. The van der Waals surface area contributed by atoms with Gasteiger partial charge in [-0.15, -0.1) is 0 Å². The van der Waals surface area contributed by atoms with Crippen molar-refractivity contribution < 1.29 is 14.7 Å². The molecule has 0 saturated heterocycles. The Morgan fingerprint density at radius 2 is 2.00 bits per heavy atom. The van der Waals surface area contributed by atoms with Gasteiger partial charge in [0, 0.05) is 18.8 Å². The van der Waals surface area contributed by atoms with E-state index in [1.54, 1.807) is 24.3 Å². The minimum atomic E-state index is -0.927. The minimum Gasteiger partial charge on any atom is -0.481 e. The number of anilines is 1. The molecule has 0 unspecified atom stereocenters. The molecule has 0 spiro atoms. The van der Waals surface area contributed by atoms with Crippen LogP contribution in [0.2, 0.25) is 0 Å². The summed E-state index contributed by atoms with van der Waals surface area (Å²) in [6.07, 6.45) is -0.116. The molecule has 6 nitrogen and oxygen atoms in total. The van der Waals surface area contributed by atoms with Crippen LogP contribution in [-0.4, -0.2) is 48.7 Å². The Kier molecular flexibility index (Phi) is 6.52. The molecule has 0 fully saturated rings. The van der Waals surface area contributed by atoms with E-state index < -0.39 is 5.97 Å². The fourth-order valence-electron chi connectivity index (χ4n) is 1.64. The third-order valence-electron chi connectivity index (χ3n) is 2.93. The van der Waals surface area contributed by atoms with Crippen molar-refractivity contribution >= 4 is 17.7 Å². The topological polar surface area (TPSA) is 81.7 Å². The maximum absolute atomic E-state index is 11.7. The molecule has 6 heteroatoms. The van der Waals surface area contributed by atoms with E-state index in [0.717, 1.165) is 13.1 Å². The summed E-state index contributed by atoms with van der Waals surface area (Å²) in [5.41, 5.74) is 1.11. The van der Waals surface area contributed by atoms with Gasteiger partial charge >= 0.3 is 12.0 Å². The van der Waals surface area contributed by atoms with Crippen LogP contribution in [0, 0.1) is 0 Å². The number of likely N-dealkylation sites (N-methyl/N-ethyl adjacent to an activating group) is 1. The van der Waals surface area contributed by atoms with E-state index in [2.05, 4.69) is 15.5 Å². The van der Waals surface area contributed by atoms with Gasteiger partial charge in [0.1, 0.15) is 0 Å². The van der Waals surface area contributed by atoms with Crippen molar-refractivity contribution in [3.63, 3.8) is 0 Å². The highest BCUT2D eigenvalue weighted by molar-refractivity contribution is 5.90. The molecule has 2 amide bonds. The number of carboxylic acid groups (broad SMARTS) is 1. The van der Waals surface area contributed by atoms with Crippen LogP contribution in [0.5, 0.6) is 0 Å². The number of urea groups is 1. The molecule has 0 aromatic heterocycles. The number of hydrogen-bond donors (Lipinski definition) is 3. The van der Waals surface area contributed by atoms with Crippen molar-refractivity contribution in [1.82, 2.24) is 10.2 Å². The lowest BCUT2D eigenvalue weighted by molar-refractivity contribution is -0.136. The first-order valence-electron chi connectivity index (χ1n) is 6.56. The number of rotatable bonds is 7. The number of nitrogens with one attached hydrogen (secondary N) is 2. The van der Waals surface area contributed by atoms with E-state index in [0.29, 0.717) is 17.8 Å². The number of carboxylic acids is 1. The van der Waals surface area contributed by atoms with Crippen molar-refractivity contribution in [1.29, 1.82) is 0 Å². The van der Waals surface area contributed by atoms with Crippen LogP contribution in [0.25, 0.3) is 0 Å². The lowest BCUT2D eigenvalue weighted by Gasteiger charge is -2.15. The quantitative estimate of drug-likeness (QED) is 0.704. The molecule has 0 bridgehead atoms. The summed E-state index contributed by atoms with van der Waals surface area (Å²) in [5.74, 6) is -0.927. The zero-order valence-electron chi connectivity index (χ0n) is 11.8. The van der Waals surface area contributed by atoms with Gasteiger partial charge in [0.25, 0.3) is 0 Å². The Hall–Kier alpha value is -2.08. The highest BCUT2D eigenvalue weighted by atomic mass is 16.4. The summed E-state index contributed by atoms with van der Waals surface area (Å²) in [4.78, 5) is 24.6. The van der Waals surface area contributed by atoms with Gasteiger partial charge < -0.3 is 20.6 Å². The number of amides is 2. The Bertz CT molecular complexity index is 463. The summed E-state index contributed by atoms with van der Waals surface area (Å²) in [7, 11) is 1.97. The molecule has 0 aliphatic heterocycles. The second kappa shape index (κ2) is 8.16. The third kappa shape index (κ3) is 5.71. The Morgan fingerprint density at radius 3 is 2.65 bits per heavy atom. The largest absolute Gasteiger partial charge is 0.481 e. The van der Waals surface area contributed by atoms with E-state index in [-0.39, 0.29) is 12.5 Å². The number of hydrogen-bond acceptors (Lipinski definition) is 3. The van der Waals surface area contributed by atoms with Crippen LogP contribution in [0.3, 0.4) is 0 Å². The van der Waals surface area contributed by atoms with Crippen molar-refractivity contribution in [3.05, 3.63) is 29.8 Å². The first-order chi connectivity index (χ1) is 9.52. The van der Waals surface area contributed by atoms with Crippen molar-refractivity contribution in [2.24, 2.45) is 0 Å². The monoisotopic (exact) mass is 279 g/mol. The number of nitrogens with zero attached hydrogens (tertiary/aromatic N) is 1. The van der Waals surface area contributed by atoms with Gasteiger partial charge in [-0.2, -0.15) is 0 Å². The second-order valence-electron chi connectivity index (χ2n) is 4.50. The highest BCUT2D eigenvalue weighted by Gasteiger charge is 2.08. The van der Waals surface area contributed by atoms with Gasteiger partial charge in [-0.25, -0.2) is 4.79 Å². The Labute approximate surface area is 118 Å². The van der Waals surface area contributed by atoms with Gasteiger partial charge in [-0.3, -0.25) is 4.79 Å². The average Bonchev–Trinajstić information content (AvgIpc) is 2.40. The second-order valence-corrected chi connectivity index (χ2v) is 4.50. The van der Waals surface area contributed by atoms with Gasteiger partial charge in [0.15, 0.2) is 0 Å². The Balaban J connectivity index is 2.51. The van der Waals surface area contributed by atoms with Gasteiger partial charge in [-0.05, 0) is 25.2 Å². The SMILES string of the molecule is CCN(C)CCNC(=O)Nc1ccccc1CC(=O)O. The predicted octanol–water partition coefficient (Wildman–Crippen LogP) is 1.39. The summed E-state index contributed by atoms with van der Waals surface area (Å²) in [5, 5.41) is 14.2. The van der Waals surface area contributed by atoms with Crippen LogP contribution in [-0.2, 0) is 11.2 Å². The van der Waals surface area contributed by atoms with Gasteiger partial charge in [0.05, 0.1) is 6.42 Å². The zero-order chi connectivity index (χ0) is 15.0. The molecule has 110 valence electrons. The third-order valence-corrected chi connectivity index (χ3v) is 2.93. The van der Waals surface area contributed by atoms with Crippen LogP contribution in [0.4, 0.5) is 10.5 Å². The molecule has 0 radical (unpaired) electrons. The molecule has 20 heavy (non-hydrogen) atoms. The molecule has 1 aromatic rings. The van der Waals surface area contributed by atoms with E-state index >= 15 is 0 Å². The number of benzene rings is 1. The van der Waals surface area contributed by atoms with Crippen LogP contribution >= 0.6 is 0 Å². The van der Waals surface area contributed by atoms with Crippen LogP contribution in [0.15, 0.2) is 24.3 Å². The number of aliphatic carboxylic acids is 1. The van der Waals surface area contributed by atoms with Crippen LogP contribution in [0.1, 0.15) is 12.5 Å². The van der Waals surface area contributed by atoms with Gasteiger partial charge in [-0.1, -0.05) is 25.1 Å². The molecule has 3 N–H and O–H groups in total. The van der Waals surface area contributed by atoms with Crippen LogP contribution < -0.4 is 10.6 Å². The molecular formula is C14H21N3O3.